The predicted octanol–water partition coefficient (Wildman–Crippen LogP) is 3.44. The van der Waals surface area contributed by atoms with Gasteiger partial charge in [0.2, 0.25) is 0 Å². The zero-order valence-electron chi connectivity index (χ0n) is 5.26. The highest BCUT2D eigenvalue weighted by atomic mass is 79.9. The normalized spacial score (nSPS) is 26.4. The molecule has 1 aliphatic rings. The van der Waals surface area contributed by atoms with Crippen molar-refractivity contribution in [2.75, 3.05) is 5.33 Å². The summed E-state index contributed by atoms with van der Waals surface area (Å²) in [6.45, 7) is 2.17. The van der Waals surface area contributed by atoms with E-state index >= 15 is 0 Å². The SMILES string of the molecule is CC1=CSC(CCBr)S1. The molecule has 0 nitrogen and oxygen atoms in total. The molecule has 0 spiro atoms. The summed E-state index contributed by atoms with van der Waals surface area (Å²) in [5.74, 6) is 0. The third-order valence-corrected chi connectivity index (χ3v) is 4.29. The van der Waals surface area contributed by atoms with E-state index in [0.29, 0.717) is 0 Å². The topological polar surface area (TPSA) is 0 Å². The van der Waals surface area contributed by atoms with E-state index in [9.17, 15) is 0 Å². The van der Waals surface area contributed by atoms with Crippen LogP contribution in [0.15, 0.2) is 10.3 Å². The second-order valence-electron chi connectivity index (χ2n) is 1.89. The number of rotatable bonds is 2. The van der Waals surface area contributed by atoms with Gasteiger partial charge in [-0.1, -0.05) is 15.9 Å². The molecule has 0 bridgehead atoms. The largest absolute Gasteiger partial charge is 0.119 e. The maximum Gasteiger partial charge on any atom is 0.0596 e. The zero-order chi connectivity index (χ0) is 6.69. The Kier molecular flexibility index (Phi) is 3.51. The molecule has 0 saturated carbocycles. The Morgan fingerprint density at radius 3 is 3.00 bits per heavy atom. The lowest BCUT2D eigenvalue weighted by atomic mass is 10.6. The average molecular weight is 225 g/mol. The maximum atomic E-state index is 3.43. The molecule has 52 valence electrons. The van der Waals surface area contributed by atoms with Gasteiger partial charge >= 0.3 is 0 Å². The van der Waals surface area contributed by atoms with Crippen molar-refractivity contribution in [2.24, 2.45) is 0 Å². The summed E-state index contributed by atoms with van der Waals surface area (Å²) in [6, 6.07) is 0. The fraction of sp³-hybridized carbons (Fsp3) is 0.667. The summed E-state index contributed by atoms with van der Waals surface area (Å²) in [6.07, 6.45) is 1.27. The van der Waals surface area contributed by atoms with Gasteiger partial charge < -0.3 is 0 Å². The van der Waals surface area contributed by atoms with Crippen molar-refractivity contribution in [1.82, 2.24) is 0 Å². The van der Waals surface area contributed by atoms with Crippen molar-refractivity contribution in [1.29, 1.82) is 0 Å². The average Bonchev–Trinajstić information content (AvgIpc) is 2.17. The predicted molar refractivity (Wildman–Crippen MR) is 51.1 cm³/mol. The molecule has 1 aliphatic heterocycles. The lowest BCUT2D eigenvalue weighted by molar-refractivity contribution is 1.09. The minimum atomic E-state index is 0.782. The Balaban J connectivity index is 2.21. The van der Waals surface area contributed by atoms with E-state index in [4.69, 9.17) is 0 Å². The summed E-state index contributed by atoms with van der Waals surface area (Å²) >= 11 is 7.36. The van der Waals surface area contributed by atoms with Crippen molar-refractivity contribution in [3.8, 4) is 0 Å². The molecule has 1 unspecified atom stereocenters. The first-order chi connectivity index (χ1) is 4.33. The van der Waals surface area contributed by atoms with Crippen LogP contribution in [0.2, 0.25) is 0 Å². The van der Waals surface area contributed by atoms with Gasteiger partial charge in [0.25, 0.3) is 0 Å². The number of hydrogen-bond acceptors (Lipinski definition) is 2. The van der Waals surface area contributed by atoms with Gasteiger partial charge in [-0.15, -0.1) is 23.5 Å². The van der Waals surface area contributed by atoms with E-state index in [1.165, 1.54) is 11.3 Å². The molecule has 0 fully saturated rings. The Labute approximate surface area is 73.0 Å². The monoisotopic (exact) mass is 224 g/mol. The summed E-state index contributed by atoms with van der Waals surface area (Å²) < 4.78 is 0.782. The maximum absolute atomic E-state index is 3.43. The first-order valence-corrected chi connectivity index (χ1v) is 5.82. The number of allylic oxidation sites excluding steroid dienone is 1. The van der Waals surface area contributed by atoms with Crippen LogP contribution in [-0.4, -0.2) is 9.91 Å². The second kappa shape index (κ2) is 3.94. The highest BCUT2D eigenvalue weighted by Gasteiger charge is 2.13. The Morgan fingerprint density at radius 1 is 1.78 bits per heavy atom. The second-order valence-corrected chi connectivity index (χ2v) is 5.51. The third-order valence-electron chi connectivity index (χ3n) is 1.05. The van der Waals surface area contributed by atoms with Crippen LogP contribution in [0.25, 0.3) is 0 Å². The summed E-state index contributed by atoms with van der Waals surface area (Å²) in [5, 5.41) is 3.37. The van der Waals surface area contributed by atoms with Gasteiger partial charge in [-0.2, -0.15) is 0 Å². The summed E-state index contributed by atoms with van der Waals surface area (Å²) in [7, 11) is 0. The van der Waals surface area contributed by atoms with Crippen molar-refractivity contribution in [2.45, 2.75) is 17.9 Å². The molecular formula is C6H9BrS2. The molecule has 0 aromatic heterocycles. The molecule has 0 aliphatic carbocycles. The molecular weight excluding hydrogens is 216 g/mol. The van der Waals surface area contributed by atoms with Gasteiger partial charge in [0.1, 0.15) is 0 Å². The van der Waals surface area contributed by atoms with Gasteiger partial charge in [-0.3, -0.25) is 0 Å². The number of thioether (sulfide) groups is 2. The van der Waals surface area contributed by atoms with E-state index in [0.717, 1.165) is 9.91 Å². The minimum Gasteiger partial charge on any atom is -0.119 e. The van der Waals surface area contributed by atoms with Crippen molar-refractivity contribution >= 4 is 39.5 Å². The quantitative estimate of drug-likeness (QED) is 0.660. The van der Waals surface area contributed by atoms with Crippen LogP contribution in [0.1, 0.15) is 13.3 Å². The molecule has 0 N–H and O–H groups in total. The first-order valence-electron chi connectivity index (χ1n) is 2.88. The molecule has 1 heterocycles. The van der Waals surface area contributed by atoms with Gasteiger partial charge in [0.05, 0.1) is 4.58 Å². The van der Waals surface area contributed by atoms with Gasteiger partial charge in [0, 0.05) is 5.33 Å². The number of hydrogen-bond donors (Lipinski definition) is 0. The van der Waals surface area contributed by atoms with Crippen LogP contribution in [0.5, 0.6) is 0 Å². The fourth-order valence-electron chi connectivity index (χ4n) is 0.651. The Bertz CT molecular complexity index is 122. The lowest BCUT2D eigenvalue weighted by Gasteiger charge is -2.03. The van der Waals surface area contributed by atoms with Crippen molar-refractivity contribution in [3.63, 3.8) is 0 Å². The van der Waals surface area contributed by atoms with E-state index in [1.54, 1.807) is 0 Å². The minimum absolute atomic E-state index is 0.782. The zero-order valence-corrected chi connectivity index (χ0v) is 8.48. The molecule has 1 rings (SSSR count). The lowest BCUT2D eigenvalue weighted by Crippen LogP contribution is -1.90. The molecule has 0 aromatic rings. The highest BCUT2D eigenvalue weighted by Crippen LogP contribution is 2.41. The van der Waals surface area contributed by atoms with Crippen LogP contribution >= 0.6 is 39.5 Å². The number of halogens is 1. The van der Waals surface area contributed by atoms with Crippen molar-refractivity contribution < 1.29 is 0 Å². The van der Waals surface area contributed by atoms with Gasteiger partial charge in [0.15, 0.2) is 0 Å². The Morgan fingerprint density at radius 2 is 2.56 bits per heavy atom. The van der Waals surface area contributed by atoms with Crippen LogP contribution in [0.4, 0.5) is 0 Å². The van der Waals surface area contributed by atoms with E-state index < -0.39 is 0 Å². The molecule has 0 saturated heterocycles. The number of alkyl halides is 1. The van der Waals surface area contributed by atoms with Gasteiger partial charge in [-0.25, -0.2) is 0 Å². The Hall–Kier alpha value is 0.920. The highest BCUT2D eigenvalue weighted by molar-refractivity contribution is 9.09. The van der Waals surface area contributed by atoms with Gasteiger partial charge in [-0.05, 0) is 23.7 Å². The summed E-state index contributed by atoms with van der Waals surface area (Å²) in [5.41, 5.74) is 0. The molecule has 0 radical (unpaired) electrons. The van der Waals surface area contributed by atoms with E-state index in [-0.39, 0.29) is 0 Å². The fourth-order valence-corrected chi connectivity index (χ4v) is 4.20. The molecule has 1 atom stereocenters. The van der Waals surface area contributed by atoms with Crippen LogP contribution in [0, 0.1) is 0 Å². The van der Waals surface area contributed by atoms with Crippen LogP contribution < -0.4 is 0 Å². The first kappa shape index (κ1) is 8.02. The molecule has 3 heteroatoms. The van der Waals surface area contributed by atoms with E-state index in [1.807, 2.05) is 23.5 Å². The smallest absolute Gasteiger partial charge is 0.0596 e. The molecule has 0 amide bonds. The van der Waals surface area contributed by atoms with Crippen LogP contribution in [0.3, 0.4) is 0 Å². The van der Waals surface area contributed by atoms with E-state index in [2.05, 4.69) is 28.3 Å². The standard InChI is InChI=1S/C6H9BrS2/c1-5-4-8-6(9-5)2-3-7/h4,6H,2-3H2,1H3. The summed E-state index contributed by atoms with van der Waals surface area (Å²) in [4.78, 5) is 1.46. The van der Waals surface area contributed by atoms with Crippen molar-refractivity contribution in [3.05, 3.63) is 10.3 Å². The molecule has 9 heavy (non-hydrogen) atoms. The van der Waals surface area contributed by atoms with Crippen LogP contribution in [-0.2, 0) is 0 Å². The molecule has 0 aromatic carbocycles. The third kappa shape index (κ3) is 2.56.